The van der Waals surface area contributed by atoms with Crippen LogP contribution >= 0.6 is 11.3 Å². The van der Waals surface area contributed by atoms with Gasteiger partial charge in [0.2, 0.25) is 0 Å². The maximum atomic E-state index is 10.5. The number of piperazine rings is 1. The topological polar surface area (TPSA) is 56.2 Å². The summed E-state index contributed by atoms with van der Waals surface area (Å²) in [5.41, 5.74) is 2.36. The molecule has 0 saturated carbocycles. The van der Waals surface area contributed by atoms with Crippen LogP contribution < -0.4 is 4.74 Å². The highest BCUT2D eigenvalue weighted by molar-refractivity contribution is 7.08. The number of aliphatic hydroxyl groups excluding tert-OH is 2. The molecule has 3 aromatic rings. The molecule has 1 unspecified atom stereocenters. The average molecular weight is 427 g/mol. The Morgan fingerprint density at radius 1 is 1.03 bits per heavy atom. The van der Waals surface area contributed by atoms with Crippen molar-refractivity contribution in [2.45, 2.75) is 12.5 Å². The number of rotatable bonds is 9. The van der Waals surface area contributed by atoms with Crippen LogP contribution in [0.3, 0.4) is 0 Å². The Morgan fingerprint density at radius 2 is 1.83 bits per heavy atom. The molecule has 0 aliphatic carbocycles. The first-order chi connectivity index (χ1) is 14.7. The van der Waals surface area contributed by atoms with Gasteiger partial charge in [0.1, 0.15) is 18.5 Å². The quantitative estimate of drug-likeness (QED) is 0.550. The van der Waals surface area contributed by atoms with Gasteiger partial charge in [0.05, 0.1) is 0 Å². The highest BCUT2D eigenvalue weighted by Gasteiger charge is 2.19. The van der Waals surface area contributed by atoms with Crippen molar-refractivity contribution in [1.29, 1.82) is 0 Å². The molecule has 1 saturated heterocycles. The fourth-order valence-corrected chi connectivity index (χ4v) is 4.71. The zero-order valence-electron chi connectivity index (χ0n) is 17.2. The Morgan fingerprint density at radius 3 is 2.60 bits per heavy atom. The van der Waals surface area contributed by atoms with E-state index >= 15 is 0 Å². The lowest BCUT2D eigenvalue weighted by Crippen LogP contribution is -2.49. The van der Waals surface area contributed by atoms with Crippen LogP contribution in [-0.2, 0) is 0 Å². The first-order valence-corrected chi connectivity index (χ1v) is 11.6. The Hall–Kier alpha value is -1.96. The Kier molecular flexibility index (Phi) is 7.36. The number of ether oxygens (including phenoxy) is 1. The molecule has 2 aromatic carbocycles. The summed E-state index contributed by atoms with van der Waals surface area (Å²) in [4.78, 5) is 4.66. The fourth-order valence-electron chi connectivity index (χ4n) is 4.06. The van der Waals surface area contributed by atoms with Gasteiger partial charge in [0, 0.05) is 45.9 Å². The third-order valence-corrected chi connectivity index (χ3v) is 6.36. The SMILES string of the molecule is OCCCN1CCN(CC(O)COc2cc(-c3ccsc3)c3ccccc3c2)CC1. The summed E-state index contributed by atoms with van der Waals surface area (Å²) in [5.74, 6) is 0.794. The summed E-state index contributed by atoms with van der Waals surface area (Å²) in [6.45, 7) is 5.97. The van der Waals surface area contributed by atoms with E-state index in [2.05, 4.69) is 57.0 Å². The summed E-state index contributed by atoms with van der Waals surface area (Å²) >= 11 is 1.69. The number of β-amino-alcohol motifs (C(OH)–C–C–N with tert-alkyl or cyclic N) is 1. The molecule has 1 fully saturated rings. The number of nitrogens with zero attached hydrogens (tertiary/aromatic N) is 2. The second-order valence-electron chi connectivity index (χ2n) is 7.89. The smallest absolute Gasteiger partial charge is 0.120 e. The van der Waals surface area contributed by atoms with E-state index in [4.69, 9.17) is 9.84 Å². The Labute approximate surface area is 182 Å². The van der Waals surface area contributed by atoms with Gasteiger partial charge in [-0.1, -0.05) is 24.3 Å². The molecule has 0 bridgehead atoms. The van der Waals surface area contributed by atoms with Gasteiger partial charge in [-0.15, -0.1) is 0 Å². The van der Waals surface area contributed by atoms with E-state index in [0.717, 1.165) is 55.8 Å². The molecule has 1 atom stereocenters. The number of fused-ring (bicyclic) bond motifs is 1. The van der Waals surface area contributed by atoms with Gasteiger partial charge in [0.25, 0.3) is 0 Å². The molecule has 2 N–H and O–H groups in total. The van der Waals surface area contributed by atoms with Crippen molar-refractivity contribution < 1.29 is 14.9 Å². The van der Waals surface area contributed by atoms with Crippen LogP contribution in [0.2, 0.25) is 0 Å². The molecule has 1 aliphatic heterocycles. The standard InChI is InChI=1S/C24H30N2O3S/c27-12-3-7-25-8-10-26(11-9-25)16-21(28)17-29-22-14-19-4-1-2-5-23(19)24(15-22)20-6-13-30-18-20/h1-2,4-6,13-15,18,21,27-28H,3,7-12,16-17H2. The van der Waals surface area contributed by atoms with Crippen LogP contribution in [-0.4, -0.2) is 78.6 Å². The molecule has 1 aromatic heterocycles. The van der Waals surface area contributed by atoms with Crippen LogP contribution in [0.15, 0.2) is 53.2 Å². The number of hydrogen-bond donors (Lipinski definition) is 2. The number of hydrogen-bond acceptors (Lipinski definition) is 6. The molecule has 160 valence electrons. The van der Waals surface area contributed by atoms with Gasteiger partial charge < -0.3 is 19.8 Å². The highest BCUT2D eigenvalue weighted by Crippen LogP contribution is 2.34. The van der Waals surface area contributed by atoms with E-state index in [-0.39, 0.29) is 13.2 Å². The molecule has 6 heteroatoms. The Balaban J connectivity index is 1.35. The van der Waals surface area contributed by atoms with Crippen LogP contribution in [0.1, 0.15) is 6.42 Å². The van der Waals surface area contributed by atoms with Crippen LogP contribution in [0.5, 0.6) is 5.75 Å². The molecule has 5 nitrogen and oxygen atoms in total. The number of thiophene rings is 1. The monoisotopic (exact) mass is 426 g/mol. The van der Waals surface area contributed by atoms with Crippen molar-refractivity contribution in [2.75, 3.05) is 52.5 Å². The van der Waals surface area contributed by atoms with Crippen molar-refractivity contribution in [3.8, 4) is 16.9 Å². The molecular weight excluding hydrogens is 396 g/mol. The lowest BCUT2D eigenvalue weighted by atomic mass is 10.00. The zero-order valence-corrected chi connectivity index (χ0v) is 18.1. The van der Waals surface area contributed by atoms with E-state index in [1.54, 1.807) is 11.3 Å². The molecule has 0 amide bonds. The predicted molar refractivity (Wildman–Crippen MR) is 123 cm³/mol. The first kappa shape index (κ1) is 21.3. The highest BCUT2D eigenvalue weighted by atomic mass is 32.1. The maximum Gasteiger partial charge on any atom is 0.120 e. The second-order valence-corrected chi connectivity index (χ2v) is 8.67. The van der Waals surface area contributed by atoms with Gasteiger partial charge >= 0.3 is 0 Å². The summed E-state index contributed by atoms with van der Waals surface area (Å²) in [5, 5.41) is 26.1. The van der Waals surface area contributed by atoms with Crippen molar-refractivity contribution >= 4 is 22.1 Å². The van der Waals surface area contributed by atoms with Gasteiger partial charge in [0.15, 0.2) is 0 Å². The first-order valence-electron chi connectivity index (χ1n) is 10.6. The molecule has 0 spiro atoms. The lowest BCUT2D eigenvalue weighted by Gasteiger charge is -2.35. The summed E-state index contributed by atoms with van der Waals surface area (Å²) < 4.78 is 6.02. The van der Waals surface area contributed by atoms with Gasteiger partial charge in [-0.2, -0.15) is 11.3 Å². The van der Waals surface area contributed by atoms with Gasteiger partial charge in [-0.05, 0) is 57.3 Å². The second kappa shape index (κ2) is 10.4. The minimum atomic E-state index is -0.523. The normalized spacial score (nSPS) is 16.7. The van der Waals surface area contributed by atoms with E-state index in [1.807, 2.05) is 6.07 Å². The van der Waals surface area contributed by atoms with Crippen LogP contribution in [0.4, 0.5) is 0 Å². The van der Waals surface area contributed by atoms with E-state index < -0.39 is 6.10 Å². The fraction of sp³-hybridized carbons (Fsp3) is 0.417. The van der Waals surface area contributed by atoms with E-state index in [9.17, 15) is 5.11 Å². The molecule has 1 aliphatic rings. The molecule has 30 heavy (non-hydrogen) atoms. The van der Waals surface area contributed by atoms with E-state index in [1.165, 1.54) is 10.9 Å². The summed E-state index contributed by atoms with van der Waals surface area (Å²) in [6.07, 6.45) is 0.306. The van der Waals surface area contributed by atoms with Crippen molar-refractivity contribution in [3.63, 3.8) is 0 Å². The minimum absolute atomic E-state index is 0.249. The van der Waals surface area contributed by atoms with Gasteiger partial charge in [-0.3, -0.25) is 4.90 Å². The molecule has 2 heterocycles. The lowest BCUT2D eigenvalue weighted by molar-refractivity contribution is 0.0451. The molecule has 0 radical (unpaired) electrons. The zero-order chi connectivity index (χ0) is 20.8. The molecule has 4 rings (SSSR count). The minimum Gasteiger partial charge on any atom is -0.491 e. The number of benzene rings is 2. The largest absolute Gasteiger partial charge is 0.491 e. The van der Waals surface area contributed by atoms with Crippen molar-refractivity contribution in [2.24, 2.45) is 0 Å². The average Bonchev–Trinajstić information content (AvgIpc) is 3.31. The third kappa shape index (κ3) is 5.39. The van der Waals surface area contributed by atoms with Crippen molar-refractivity contribution in [1.82, 2.24) is 9.80 Å². The van der Waals surface area contributed by atoms with Crippen LogP contribution in [0.25, 0.3) is 21.9 Å². The van der Waals surface area contributed by atoms with E-state index in [0.29, 0.717) is 6.54 Å². The molecular formula is C24H30N2O3S. The van der Waals surface area contributed by atoms with Gasteiger partial charge in [-0.25, -0.2) is 0 Å². The summed E-state index contributed by atoms with van der Waals surface area (Å²) in [6, 6.07) is 14.6. The summed E-state index contributed by atoms with van der Waals surface area (Å²) in [7, 11) is 0. The number of aliphatic hydroxyl groups is 2. The maximum absolute atomic E-state index is 10.5. The van der Waals surface area contributed by atoms with Crippen LogP contribution in [0, 0.1) is 0 Å². The predicted octanol–water partition coefficient (Wildman–Crippen LogP) is 3.31. The van der Waals surface area contributed by atoms with Crippen molar-refractivity contribution in [3.05, 3.63) is 53.2 Å². The third-order valence-electron chi connectivity index (χ3n) is 5.68. The Bertz CT molecular complexity index is 923.